The number of carbonyl (C=O) groups excluding carboxylic acids is 1. The maximum Gasteiger partial charge on any atom is 0.319 e. The summed E-state index contributed by atoms with van der Waals surface area (Å²) in [6, 6.07) is 5.81. The topological polar surface area (TPSA) is 61.4 Å². The number of thioether (sulfide) groups is 1. The van der Waals surface area contributed by atoms with Crippen molar-refractivity contribution in [3.63, 3.8) is 0 Å². The predicted molar refractivity (Wildman–Crippen MR) is 82.0 cm³/mol. The van der Waals surface area contributed by atoms with Crippen LogP contribution in [0.1, 0.15) is 17.5 Å². The number of aliphatic hydroxyl groups excluding tert-OH is 1. The Hall–Kier alpha value is -1.20. The molecule has 0 aliphatic heterocycles. The minimum atomic E-state index is -0.170. The maximum absolute atomic E-state index is 11.7. The van der Waals surface area contributed by atoms with E-state index in [0.29, 0.717) is 6.54 Å². The lowest BCUT2D eigenvalue weighted by atomic mass is 10.1. The van der Waals surface area contributed by atoms with Gasteiger partial charge >= 0.3 is 6.03 Å². The normalized spacial score (nSPS) is 10.3. The van der Waals surface area contributed by atoms with Crippen LogP contribution in [-0.2, 0) is 0 Å². The van der Waals surface area contributed by atoms with Crippen molar-refractivity contribution >= 4 is 23.5 Å². The lowest BCUT2D eigenvalue weighted by Gasteiger charge is -2.10. The number of benzene rings is 1. The summed E-state index contributed by atoms with van der Waals surface area (Å²) in [7, 11) is 0. The first-order valence-corrected chi connectivity index (χ1v) is 7.59. The van der Waals surface area contributed by atoms with Crippen LogP contribution >= 0.6 is 11.8 Å². The van der Waals surface area contributed by atoms with E-state index < -0.39 is 0 Å². The summed E-state index contributed by atoms with van der Waals surface area (Å²) in [4.78, 5) is 11.7. The second-order valence-electron chi connectivity index (χ2n) is 4.39. The summed E-state index contributed by atoms with van der Waals surface area (Å²) in [6.45, 7) is 4.83. The Morgan fingerprint density at radius 1 is 1.32 bits per heavy atom. The Labute approximate surface area is 119 Å². The monoisotopic (exact) mass is 282 g/mol. The summed E-state index contributed by atoms with van der Waals surface area (Å²) in [5, 5.41) is 14.3. The molecule has 0 aliphatic rings. The van der Waals surface area contributed by atoms with Crippen molar-refractivity contribution in [1.82, 2.24) is 5.32 Å². The van der Waals surface area contributed by atoms with E-state index >= 15 is 0 Å². The maximum atomic E-state index is 11.7. The largest absolute Gasteiger partial charge is 0.396 e. The smallest absolute Gasteiger partial charge is 0.319 e. The summed E-state index contributed by atoms with van der Waals surface area (Å²) in [5.74, 6) is 1.79. The Balaban J connectivity index is 2.25. The van der Waals surface area contributed by atoms with Gasteiger partial charge < -0.3 is 15.7 Å². The number of aryl methyl sites for hydroxylation is 2. The van der Waals surface area contributed by atoms with Gasteiger partial charge in [0.05, 0.1) is 0 Å². The fraction of sp³-hybridized carbons (Fsp3) is 0.500. The van der Waals surface area contributed by atoms with E-state index in [1.165, 1.54) is 0 Å². The summed E-state index contributed by atoms with van der Waals surface area (Å²) >= 11 is 1.73. The standard InChI is InChI=1S/C14H22N2O2S/c1-11-4-5-12(2)13(10-11)16-14(18)15-6-9-19-8-3-7-17/h4-5,10,17H,3,6-9H2,1-2H3,(H2,15,16,18). The van der Waals surface area contributed by atoms with Gasteiger partial charge in [-0.25, -0.2) is 4.79 Å². The van der Waals surface area contributed by atoms with Crippen molar-refractivity contribution in [1.29, 1.82) is 0 Å². The molecule has 0 saturated heterocycles. The molecule has 0 unspecified atom stereocenters. The number of carbonyl (C=O) groups is 1. The van der Waals surface area contributed by atoms with Crippen molar-refractivity contribution < 1.29 is 9.90 Å². The highest BCUT2D eigenvalue weighted by molar-refractivity contribution is 7.99. The number of hydrogen-bond acceptors (Lipinski definition) is 3. The highest BCUT2D eigenvalue weighted by Crippen LogP contribution is 2.15. The minimum Gasteiger partial charge on any atom is -0.396 e. The highest BCUT2D eigenvalue weighted by atomic mass is 32.2. The first kappa shape index (κ1) is 15.9. The summed E-state index contributed by atoms with van der Waals surface area (Å²) in [6.07, 6.45) is 0.805. The van der Waals surface area contributed by atoms with Gasteiger partial charge in [-0.1, -0.05) is 12.1 Å². The van der Waals surface area contributed by atoms with Crippen molar-refractivity contribution in [3.05, 3.63) is 29.3 Å². The minimum absolute atomic E-state index is 0.170. The molecule has 2 amide bonds. The van der Waals surface area contributed by atoms with E-state index in [0.717, 1.165) is 34.7 Å². The van der Waals surface area contributed by atoms with E-state index in [1.54, 1.807) is 11.8 Å². The molecule has 3 N–H and O–H groups in total. The summed E-state index contributed by atoms with van der Waals surface area (Å²) < 4.78 is 0. The van der Waals surface area contributed by atoms with Gasteiger partial charge in [-0.05, 0) is 43.2 Å². The number of hydrogen-bond donors (Lipinski definition) is 3. The van der Waals surface area contributed by atoms with E-state index in [-0.39, 0.29) is 12.6 Å². The Morgan fingerprint density at radius 3 is 2.84 bits per heavy atom. The lowest BCUT2D eigenvalue weighted by molar-refractivity contribution is 0.252. The van der Waals surface area contributed by atoms with E-state index in [1.807, 2.05) is 32.0 Å². The molecule has 0 heterocycles. The SMILES string of the molecule is Cc1ccc(C)c(NC(=O)NCCSCCCO)c1. The zero-order valence-corrected chi connectivity index (χ0v) is 12.3. The van der Waals surface area contributed by atoms with Crippen molar-refractivity contribution in [2.45, 2.75) is 20.3 Å². The molecule has 1 aromatic rings. The molecule has 1 rings (SSSR count). The number of urea groups is 1. The van der Waals surface area contributed by atoms with Gasteiger partial charge in [0.15, 0.2) is 0 Å². The quantitative estimate of drug-likeness (QED) is 0.674. The van der Waals surface area contributed by atoms with Gasteiger partial charge in [-0.3, -0.25) is 0 Å². The molecule has 106 valence electrons. The molecule has 0 radical (unpaired) electrons. The number of aliphatic hydroxyl groups is 1. The van der Waals surface area contributed by atoms with Crippen LogP contribution in [0.5, 0.6) is 0 Å². The van der Waals surface area contributed by atoms with Crippen LogP contribution in [0.25, 0.3) is 0 Å². The second kappa shape index (κ2) is 8.82. The third-order valence-electron chi connectivity index (χ3n) is 2.62. The first-order chi connectivity index (χ1) is 9.13. The Bertz CT molecular complexity index is 410. The fourth-order valence-electron chi connectivity index (χ4n) is 1.54. The molecule has 19 heavy (non-hydrogen) atoms. The lowest BCUT2D eigenvalue weighted by Crippen LogP contribution is -2.30. The predicted octanol–water partition coefficient (Wildman–Crippen LogP) is 2.54. The molecular formula is C14H22N2O2S. The molecule has 1 aromatic carbocycles. The Morgan fingerprint density at radius 2 is 2.11 bits per heavy atom. The number of anilines is 1. The Kier molecular flexibility index (Phi) is 7.36. The molecule has 0 bridgehead atoms. The summed E-state index contributed by atoms with van der Waals surface area (Å²) in [5.41, 5.74) is 3.03. The molecule has 0 saturated carbocycles. The number of nitrogens with one attached hydrogen (secondary N) is 2. The number of amides is 2. The van der Waals surface area contributed by atoms with Gasteiger partial charge in [0, 0.05) is 24.6 Å². The molecule has 0 spiro atoms. The average Bonchev–Trinajstić information content (AvgIpc) is 2.38. The van der Waals surface area contributed by atoms with Crippen LogP contribution in [-0.4, -0.2) is 35.8 Å². The van der Waals surface area contributed by atoms with Crippen LogP contribution in [0, 0.1) is 13.8 Å². The molecule has 5 heteroatoms. The molecule has 0 atom stereocenters. The van der Waals surface area contributed by atoms with E-state index in [4.69, 9.17) is 5.11 Å². The van der Waals surface area contributed by atoms with Gasteiger partial charge in [-0.15, -0.1) is 0 Å². The van der Waals surface area contributed by atoms with Gasteiger partial charge in [0.25, 0.3) is 0 Å². The van der Waals surface area contributed by atoms with Crippen molar-refractivity contribution in [3.8, 4) is 0 Å². The molecule has 4 nitrogen and oxygen atoms in total. The van der Waals surface area contributed by atoms with Crippen LogP contribution in [0.3, 0.4) is 0 Å². The van der Waals surface area contributed by atoms with Gasteiger partial charge in [0.2, 0.25) is 0 Å². The second-order valence-corrected chi connectivity index (χ2v) is 5.61. The molecule has 0 aliphatic carbocycles. The first-order valence-electron chi connectivity index (χ1n) is 6.44. The van der Waals surface area contributed by atoms with Crippen molar-refractivity contribution in [2.24, 2.45) is 0 Å². The molecular weight excluding hydrogens is 260 g/mol. The van der Waals surface area contributed by atoms with Gasteiger partial charge in [-0.2, -0.15) is 11.8 Å². The zero-order valence-electron chi connectivity index (χ0n) is 11.5. The van der Waals surface area contributed by atoms with Crippen LogP contribution in [0.4, 0.5) is 10.5 Å². The van der Waals surface area contributed by atoms with Crippen LogP contribution in [0.2, 0.25) is 0 Å². The highest BCUT2D eigenvalue weighted by Gasteiger charge is 2.03. The van der Waals surface area contributed by atoms with E-state index in [9.17, 15) is 4.79 Å². The fourth-order valence-corrected chi connectivity index (χ4v) is 2.33. The molecule has 0 fully saturated rings. The van der Waals surface area contributed by atoms with E-state index in [2.05, 4.69) is 10.6 Å². The average molecular weight is 282 g/mol. The van der Waals surface area contributed by atoms with Crippen LogP contribution < -0.4 is 10.6 Å². The third-order valence-corrected chi connectivity index (χ3v) is 3.69. The molecule has 0 aromatic heterocycles. The van der Waals surface area contributed by atoms with Gasteiger partial charge in [0.1, 0.15) is 0 Å². The zero-order chi connectivity index (χ0) is 14.1. The third kappa shape index (κ3) is 6.50. The van der Waals surface area contributed by atoms with Crippen LogP contribution in [0.15, 0.2) is 18.2 Å². The van der Waals surface area contributed by atoms with Crippen molar-refractivity contribution in [2.75, 3.05) is 30.0 Å². The number of rotatable bonds is 7.